The van der Waals surface area contributed by atoms with Crippen LogP contribution in [0.5, 0.6) is 0 Å². The Hall–Kier alpha value is -1.45. The number of hydrogen-bond acceptors (Lipinski definition) is 5. The SMILES string of the molecule is CC[C@@H](C)NC(=O)COC(=O)c1cc(S(=O)(=O)NC)ccc1Br. The minimum atomic E-state index is -3.68. The van der Waals surface area contributed by atoms with Crippen LogP contribution in [0.1, 0.15) is 30.6 Å². The molecule has 0 fully saturated rings. The Bertz CT molecular complexity index is 690. The van der Waals surface area contributed by atoms with Crippen molar-refractivity contribution in [3.63, 3.8) is 0 Å². The van der Waals surface area contributed by atoms with Gasteiger partial charge < -0.3 is 10.1 Å². The first kappa shape index (κ1) is 19.6. The van der Waals surface area contributed by atoms with Crippen LogP contribution in [0.2, 0.25) is 0 Å². The topological polar surface area (TPSA) is 102 Å². The summed E-state index contributed by atoms with van der Waals surface area (Å²) >= 11 is 3.16. The van der Waals surface area contributed by atoms with Gasteiger partial charge in [-0.05, 0) is 54.5 Å². The van der Waals surface area contributed by atoms with Gasteiger partial charge in [0, 0.05) is 10.5 Å². The smallest absolute Gasteiger partial charge is 0.339 e. The molecular weight excluding hydrogens is 388 g/mol. The third-order valence-corrected chi connectivity index (χ3v) is 5.19. The van der Waals surface area contributed by atoms with Gasteiger partial charge in [-0.1, -0.05) is 6.92 Å². The average molecular weight is 407 g/mol. The van der Waals surface area contributed by atoms with Crippen LogP contribution < -0.4 is 10.0 Å². The predicted molar refractivity (Wildman–Crippen MR) is 88.6 cm³/mol. The number of halogens is 1. The van der Waals surface area contributed by atoms with E-state index >= 15 is 0 Å². The summed E-state index contributed by atoms with van der Waals surface area (Å²) in [6.45, 7) is 3.32. The van der Waals surface area contributed by atoms with Gasteiger partial charge >= 0.3 is 5.97 Å². The lowest BCUT2D eigenvalue weighted by atomic mass is 10.2. The number of esters is 1. The van der Waals surface area contributed by atoms with Crippen LogP contribution in [0.25, 0.3) is 0 Å². The van der Waals surface area contributed by atoms with Crippen LogP contribution in [-0.2, 0) is 19.6 Å². The van der Waals surface area contributed by atoms with Crippen LogP contribution in [-0.4, -0.2) is 40.0 Å². The number of hydrogen-bond donors (Lipinski definition) is 2. The van der Waals surface area contributed by atoms with E-state index in [0.29, 0.717) is 4.47 Å². The summed E-state index contributed by atoms with van der Waals surface area (Å²) in [5, 5.41) is 2.66. The molecule has 1 atom stereocenters. The molecule has 0 aliphatic rings. The molecule has 0 aromatic heterocycles. The first-order valence-electron chi connectivity index (χ1n) is 6.90. The second kappa shape index (κ2) is 8.42. The Morgan fingerprint density at radius 1 is 1.35 bits per heavy atom. The molecule has 9 heteroatoms. The molecule has 2 N–H and O–H groups in total. The minimum absolute atomic E-state index is 0.0166. The largest absolute Gasteiger partial charge is 0.452 e. The number of benzene rings is 1. The molecule has 0 heterocycles. The predicted octanol–water partition coefficient (Wildman–Crippen LogP) is 1.43. The van der Waals surface area contributed by atoms with Crippen molar-refractivity contribution in [2.24, 2.45) is 0 Å². The minimum Gasteiger partial charge on any atom is -0.452 e. The van der Waals surface area contributed by atoms with E-state index in [0.717, 1.165) is 6.42 Å². The van der Waals surface area contributed by atoms with Gasteiger partial charge in [-0.25, -0.2) is 17.9 Å². The summed E-state index contributed by atoms with van der Waals surface area (Å²) < 4.78 is 31.0. The van der Waals surface area contributed by atoms with E-state index in [9.17, 15) is 18.0 Å². The van der Waals surface area contributed by atoms with Gasteiger partial charge in [0.2, 0.25) is 10.0 Å². The van der Waals surface area contributed by atoms with Crippen LogP contribution in [0, 0.1) is 0 Å². The van der Waals surface area contributed by atoms with Gasteiger partial charge in [-0.15, -0.1) is 0 Å². The summed E-state index contributed by atoms with van der Waals surface area (Å²) in [5.74, 6) is -1.20. The van der Waals surface area contributed by atoms with Crippen molar-refractivity contribution >= 4 is 37.8 Å². The van der Waals surface area contributed by atoms with Crippen molar-refractivity contribution in [3.8, 4) is 0 Å². The van der Waals surface area contributed by atoms with Crippen LogP contribution in [0.4, 0.5) is 0 Å². The van der Waals surface area contributed by atoms with Gasteiger partial charge in [0.1, 0.15) is 0 Å². The van der Waals surface area contributed by atoms with E-state index in [1.165, 1.54) is 25.2 Å². The lowest BCUT2D eigenvalue weighted by Gasteiger charge is -2.12. The molecule has 0 spiro atoms. The molecule has 0 radical (unpaired) electrons. The summed E-state index contributed by atoms with van der Waals surface area (Å²) in [5.41, 5.74) is 0.0256. The Kier molecular flexibility index (Phi) is 7.17. The standard InChI is InChI=1S/C14H19BrN2O5S/c1-4-9(2)17-13(18)8-22-14(19)11-7-10(5-6-12(11)15)23(20,21)16-3/h5-7,9,16H,4,8H2,1-3H3,(H,17,18)/t9-/m1/s1. The van der Waals surface area contributed by atoms with Crippen molar-refractivity contribution in [1.82, 2.24) is 10.0 Å². The zero-order valence-corrected chi connectivity index (χ0v) is 15.5. The number of rotatable bonds is 7. The van der Waals surface area contributed by atoms with E-state index in [-0.39, 0.29) is 16.5 Å². The Morgan fingerprint density at radius 2 is 2.00 bits per heavy atom. The molecule has 0 bridgehead atoms. The third-order valence-electron chi connectivity index (χ3n) is 3.09. The molecule has 1 aromatic carbocycles. The van der Waals surface area contributed by atoms with E-state index in [4.69, 9.17) is 4.74 Å². The molecular formula is C14H19BrN2O5S. The maximum Gasteiger partial charge on any atom is 0.339 e. The van der Waals surface area contributed by atoms with E-state index < -0.39 is 28.5 Å². The second-order valence-electron chi connectivity index (χ2n) is 4.80. The lowest BCUT2D eigenvalue weighted by Crippen LogP contribution is -2.35. The highest BCUT2D eigenvalue weighted by Crippen LogP contribution is 2.21. The molecule has 0 saturated heterocycles. The molecule has 0 saturated carbocycles. The molecule has 0 aliphatic heterocycles. The average Bonchev–Trinajstić information content (AvgIpc) is 2.52. The van der Waals surface area contributed by atoms with Crippen LogP contribution >= 0.6 is 15.9 Å². The number of carbonyl (C=O) groups excluding carboxylic acids is 2. The monoisotopic (exact) mass is 406 g/mol. The quantitative estimate of drug-likeness (QED) is 0.666. The highest BCUT2D eigenvalue weighted by Gasteiger charge is 2.19. The maximum atomic E-state index is 12.0. The Balaban J connectivity index is 2.84. The summed E-state index contributed by atoms with van der Waals surface area (Å²) in [6.07, 6.45) is 0.759. The Labute approximate surface area is 144 Å². The molecule has 128 valence electrons. The van der Waals surface area contributed by atoms with Crippen molar-refractivity contribution in [2.75, 3.05) is 13.7 Å². The van der Waals surface area contributed by atoms with Crippen LogP contribution in [0.3, 0.4) is 0 Å². The summed E-state index contributed by atoms with van der Waals surface area (Å²) in [4.78, 5) is 23.6. The van der Waals surface area contributed by atoms with E-state index in [1.54, 1.807) is 0 Å². The molecule has 7 nitrogen and oxygen atoms in total. The van der Waals surface area contributed by atoms with Gasteiger partial charge in [0.15, 0.2) is 6.61 Å². The zero-order chi connectivity index (χ0) is 17.6. The summed E-state index contributed by atoms with van der Waals surface area (Å²) in [7, 11) is -2.41. The molecule has 0 aliphatic carbocycles. The normalized spacial score (nSPS) is 12.5. The Morgan fingerprint density at radius 3 is 2.57 bits per heavy atom. The van der Waals surface area contributed by atoms with Gasteiger partial charge in [-0.2, -0.15) is 0 Å². The number of ether oxygens (including phenoxy) is 1. The van der Waals surface area contributed by atoms with Gasteiger partial charge in [0.05, 0.1) is 10.5 Å². The fourth-order valence-electron chi connectivity index (χ4n) is 1.57. The fourth-order valence-corrected chi connectivity index (χ4v) is 2.74. The lowest BCUT2D eigenvalue weighted by molar-refractivity contribution is -0.124. The molecule has 1 amide bonds. The number of sulfonamides is 1. The first-order valence-corrected chi connectivity index (χ1v) is 9.18. The van der Waals surface area contributed by atoms with Crippen molar-refractivity contribution in [1.29, 1.82) is 0 Å². The number of carbonyl (C=O) groups is 2. The summed E-state index contributed by atoms with van der Waals surface area (Å²) in [6, 6.07) is 3.95. The number of nitrogens with one attached hydrogen (secondary N) is 2. The van der Waals surface area contributed by atoms with E-state index in [1.807, 2.05) is 13.8 Å². The highest BCUT2D eigenvalue weighted by atomic mass is 79.9. The van der Waals surface area contributed by atoms with Crippen molar-refractivity contribution in [2.45, 2.75) is 31.2 Å². The molecule has 1 rings (SSSR count). The van der Waals surface area contributed by atoms with Crippen molar-refractivity contribution in [3.05, 3.63) is 28.2 Å². The second-order valence-corrected chi connectivity index (χ2v) is 7.54. The third kappa shape index (κ3) is 5.60. The van der Waals surface area contributed by atoms with Gasteiger partial charge in [0.25, 0.3) is 5.91 Å². The maximum absolute atomic E-state index is 12.0. The molecule has 1 aromatic rings. The fraction of sp³-hybridized carbons (Fsp3) is 0.429. The molecule has 23 heavy (non-hydrogen) atoms. The molecule has 0 unspecified atom stereocenters. The zero-order valence-electron chi connectivity index (χ0n) is 13.1. The number of amides is 1. The van der Waals surface area contributed by atoms with Crippen molar-refractivity contribution < 1.29 is 22.7 Å². The van der Waals surface area contributed by atoms with E-state index in [2.05, 4.69) is 26.0 Å². The van der Waals surface area contributed by atoms with Crippen LogP contribution in [0.15, 0.2) is 27.6 Å². The van der Waals surface area contributed by atoms with Gasteiger partial charge in [-0.3, -0.25) is 4.79 Å². The first-order chi connectivity index (χ1) is 10.7. The highest BCUT2D eigenvalue weighted by molar-refractivity contribution is 9.10.